The van der Waals surface area contributed by atoms with Crippen molar-refractivity contribution in [1.82, 2.24) is 10.0 Å². The standard InChI is InChI=1S/C15H20N2O/c1-2-14-12-8-4-5-9-13(12)15(18)17(14)16-10-6-3-7-11-16/h4-5,8-9,14H,2-3,6-7,10-11H2,1H3. The largest absolute Gasteiger partial charge is 0.269 e. The summed E-state index contributed by atoms with van der Waals surface area (Å²) in [5.74, 6) is 0.194. The van der Waals surface area contributed by atoms with Gasteiger partial charge in [-0.05, 0) is 30.9 Å². The van der Waals surface area contributed by atoms with Gasteiger partial charge in [-0.3, -0.25) is 9.80 Å². The molecule has 1 unspecified atom stereocenters. The third kappa shape index (κ3) is 1.74. The van der Waals surface area contributed by atoms with Crippen molar-refractivity contribution in [1.29, 1.82) is 0 Å². The van der Waals surface area contributed by atoms with Gasteiger partial charge in [0.05, 0.1) is 6.04 Å². The number of nitrogens with zero attached hydrogens (tertiary/aromatic N) is 2. The Balaban J connectivity index is 1.94. The van der Waals surface area contributed by atoms with Gasteiger partial charge >= 0.3 is 0 Å². The number of carbonyl (C=O) groups excluding carboxylic acids is 1. The minimum Gasteiger partial charge on any atom is -0.268 e. The summed E-state index contributed by atoms with van der Waals surface area (Å²) < 4.78 is 0. The Morgan fingerprint density at radius 1 is 1.17 bits per heavy atom. The molecule has 0 aromatic heterocycles. The summed E-state index contributed by atoms with van der Waals surface area (Å²) in [4.78, 5) is 12.5. The minimum absolute atomic E-state index is 0.194. The second kappa shape index (κ2) is 4.73. The summed E-state index contributed by atoms with van der Waals surface area (Å²) in [5, 5.41) is 4.28. The number of hydrogen-bond donors (Lipinski definition) is 0. The molecule has 3 rings (SSSR count). The summed E-state index contributed by atoms with van der Waals surface area (Å²) >= 11 is 0. The lowest BCUT2D eigenvalue weighted by atomic mass is 10.0. The fourth-order valence-electron chi connectivity index (χ4n) is 3.19. The van der Waals surface area contributed by atoms with Crippen molar-refractivity contribution in [2.24, 2.45) is 0 Å². The number of benzene rings is 1. The minimum atomic E-state index is 0.194. The molecular formula is C15H20N2O. The fraction of sp³-hybridized carbons (Fsp3) is 0.533. The van der Waals surface area contributed by atoms with Gasteiger partial charge in [-0.25, -0.2) is 5.01 Å². The van der Waals surface area contributed by atoms with Crippen molar-refractivity contribution < 1.29 is 4.79 Å². The van der Waals surface area contributed by atoms with E-state index >= 15 is 0 Å². The topological polar surface area (TPSA) is 23.6 Å². The van der Waals surface area contributed by atoms with E-state index in [0.717, 1.165) is 25.1 Å². The molecule has 1 fully saturated rings. The van der Waals surface area contributed by atoms with Gasteiger partial charge < -0.3 is 0 Å². The lowest BCUT2D eigenvalue weighted by Crippen LogP contribution is -2.47. The molecule has 96 valence electrons. The number of fused-ring (bicyclic) bond motifs is 1. The smallest absolute Gasteiger partial charge is 0.268 e. The van der Waals surface area contributed by atoms with Crippen molar-refractivity contribution in [3.05, 3.63) is 35.4 Å². The summed E-state index contributed by atoms with van der Waals surface area (Å²) in [6.07, 6.45) is 4.69. The molecule has 0 spiro atoms. The monoisotopic (exact) mass is 244 g/mol. The predicted octanol–water partition coefficient (Wildman–Crippen LogP) is 2.99. The number of carbonyl (C=O) groups is 1. The molecule has 0 bridgehead atoms. The van der Waals surface area contributed by atoms with E-state index in [4.69, 9.17) is 0 Å². The van der Waals surface area contributed by atoms with Crippen LogP contribution >= 0.6 is 0 Å². The Bertz CT molecular complexity index is 452. The van der Waals surface area contributed by atoms with E-state index in [1.807, 2.05) is 23.2 Å². The highest BCUT2D eigenvalue weighted by atomic mass is 16.2. The van der Waals surface area contributed by atoms with Crippen molar-refractivity contribution in [2.45, 2.75) is 38.6 Å². The zero-order valence-electron chi connectivity index (χ0n) is 10.9. The van der Waals surface area contributed by atoms with Crippen molar-refractivity contribution in [2.75, 3.05) is 13.1 Å². The molecule has 0 N–H and O–H groups in total. The first kappa shape index (κ1) is 11.7. The van der Waals surface area contributed by atoms with Gasteiger partial charge in [0, 0.05) is 18.7 Å². The Hall–Kier alpha value is -1.35. The van der Waals surface area contributed by atoms with Gasteiger partial charge in [0.15, 0.2) is 0 Å². The Morgan fingerprint density at radius 3 is 2.61 bits per heavy atom. The quantitative estimate of drug-likeness (QED) is 0.798. The molecule has 0 saturated carbocycles. The number of rotatable bonds is 2. The van der Waals surface area contributed by atoms with E-state index in [-0.39, 0.29) is 11.9 Å². The molecule has 2 heterocycles. The van der Waals surface area contributed by atoms with Crippen molar-refractivity contribution in [3.63, 3.8) is 0 Å². The number of hydrogen-bond acceptors (Lipinski definition) is 2. The molecule has 2 aliphatic heterocycles. The Kier molecular flexibility index (Phi) is 3.08. The first-order chi connectivity index (χ1) is 8.83. The maximum atomic E-state index is 12.5. The summed E-state index contributed by atoms with van der Waals surface area (Å²) in [7, 11) is 0. The SMILES string of the molecule is CCC1c2ccccc2C(=O)N1N1CCCCC1. The van der Waals surface area contributed by atoms with Crippen LogP contribution in [0.15, 0.2) is 24.3 Å². The highest BCUT2D eigenvalue weighted by Gasteiger charge is 2.38. The van der Waals surface area contributed by atoms with Gasteiger partial charge in [-0.1, -0.05) is 31.5 Å². The van der Waals surface area contributed by atoms with Gasteiger partial charge in [-0.2, -0.15) is 0 Å². The van der Waals surface area contributed by atoms with Crippen LogP contribution in [0.1, 0.15) is 54.6 Å². The summed E-state index contributed by atoms with van der Waals surface area (Å²) in [6, 6.07) is 8.31. The zero-order valence-corrected chi connectivity index (χ0v) is 10.9. The second-order valence-corrected chi connectivity index (χ2v) is 5.18. The van der Waals surface area contributed by atoms with Gasteiger partial charge in [0.25, 0.3) is 5.91 Å². The molecular weight excluding hydrogens is 224 g/mol. The van der Waals surface area contributed by atoms with Crippen LogP contribution in [0.5, 0.6) is 0 Å². The highest BCUT2D eigenvalue weighted by Crippen LogP contribution is 2.37. The maximum absolute atomic E-state index is 12.5. The van der Waals surface area contributed by atoms with Crippen molar-refractivity contribution in [3.8, 4) is 0 Å². The molecule has 0 aliphatic carbocycles. The molecule has 1 saturated heterocycles. The third-order valence-electron chi connectivity index (χ3n) is 4.08. The van der Waals surface area contributed by atoms with Crippen LogP contribution in [0.2, 0.25) is 0 Å². The average molecular weight is 244 g/mol. The predicted molar refractivity (Wildman–Crippen MR) is 71.1 cm³/mol. The molecule has 1 aromatic carbocycles. The van der Waals surface area contributed by atoms with E-state index in [1.54, 1.807) is 0 Å². The van der Waals surface area contributed by atoms with Crippen LogP contribution in [0.3, 0.4) is 0 Å². The second-order valence-electron chi connectivity index (χ2n) is 5.18. The van der Waals surface area contributed by atoms with E-state index in [1.165, 1.54) is 24.8 Å². The van der Waals surface area contributed by atoms with Gasteiger partial charge in [-0.15, -0.1) is 0 Å². The van der Waals surface area contributed by atoms with Crippen LogP contribution in [0.25, 0.3) is 0 Å². The highest BCUT2D eigenvalue weighted by molar-refractivity contribution is 5.98. The summed E-state index contributed by atoms with van der Waals surface area (Å²) in [6.45, 7) is 4.21. The normalized spacial score (nSPS) is 24.4. The number of hydrazine groups is 1. The third-order valence-corrected chi connectivity index (χ3v) is 4.08. The van der Waals surface area contributed by atoms with Crippen LogP contribution in [0, 0.1) is 0 Å². The van der Waals surface area contributed by atoms with Crippen LogP contribution < -0.4 is 0 Å². The molecule has 3 heteroatoms. The Labute approximate surface area is 108 Å². The maximum Gasteiger partial charge on any atom is 0.269 e. The molecule has 2 aliphatic rings. The lowest BCUT2D eigenvalue weighted by Gasteiger charge is -2.38. The molecule has 1 amide bonds. The summed E-state index contributed by atoms with van der Waals surface area (Å²) in [5.41, 5.74) is 2.10. The number of piperidine rings is 1. The lowest BCUT2D eigenvalue weighted by molar-refractivity contribution is -0.0419. The fourth-order valence-corrected chi connectivity index (χ4v) is 3.19. The van der Waals surface area contributed by atoms with Gasteiger partial charge in [0.1, 0.15) is 0 Å². The van der Waals surface area contributed by atoms with E-state index in [0.29, 0.717) is 0 Å². The molecule has 1 aromatic rings. The van der Waals surface area contributed by atoms with Crippen LogP contribution in [-0.4, -0.2) is 29.0 Å². The van der Waals surface area contributed by atoms with Crippen LogP contribution in [-0.2, 0) is 0 Å². The molecule has 1 atom stereocenters. The van der Waals surface area contributed by atoms with Gasteiger partial charge in [0.2, 0.25) is 0 Å². The first-order valence-corrected chi connectivity index (χ1v) is 7.00. The van der Waals surface area contributed by atoms with Crippen molar-refractivity contribution >= 4 is 5.91 Å². The van der Waals surface area contributed by atoms with Crippen LogP contribution in [0.4, 0.5) is 0 Å². The van der Waals surface area contributed by atoms with E-state index in [9.17, 15) is 4.79 Å². The molecule has 0 radical (unpaired) electrons. The number of amides is 1. The zero-order chi connectivity index (χ0) is 12.5. The molecule has 3 nitrogen and oxygen atoms in total. The molecule has 18 heavy (non-hydrogen) atoms. The average Bonchev–Trinajstić information content (AvgIpc) is 2.73. The van der Waals surface area contributed by atoms with E-state index < -0.39 is 0 Å². The first-order valence-electron chi connectivity index (χ1n) is 7.00. The van der Waals surface area contributed by atoms with E-state index in [2.05, 4.69) is 18.0 Å². The Morgan fingerprint density at radius 2 is 1.89 bits per heavy atom.